The van der Waals surface area contributed by atoms with Gasteiger partial charge in [0.15, 0.2) is 0 Å². The molecule has 1 aromatic carbocycles. The van der Waals surface area contributed by atoms with Crippen molar-refractivity contribution in [3.63, 3.8) is 0 Å². The number of hydrogen-bond acceptors (Lipinski definition) is 3. The fraction of sp³-hybridized carbons (Fsp3) is 0.562. The lowest BCUT2D eigenvalue weighted by atomic mass is 10.1. The molecular formula is C16H21ClF2N2O2. The van der Waals surface area contributed by atoms with Crippen LogP contribution in [0.1, 0.15) is 25.0 Å². The summed E-state index contributed by atoms with van der Waals surface area (Å²) in [5.41, 5.74) is 0.997. The smallest absolute Gasteiger partial charge is 0.262 e. The summed E-state index contributed by atoms with van der Waals surface area (Å²) in [7, 11) is 0. The highest BCUT2D eigenvalue weighted by atomic mass is 35.5. The minimum atomic E-state index is -2.79. The first-order valence-electron chi connectivity index (χ1n) is 7.55. The quantitative estimate of drug-likeness (QED) is 0.894. The summed E-state index contributed by atoms with van der Waals surface area (Å²) in [5, 5.41) is 2.63. The standard InChI is InChI=1S/C16H20F2N2O2.ClH/c1-11-8-20(15(21)13-7-16(17,18)10-19-13)9-14(22-11)12-5-3-2-4-6-12;/h2-6,11,13-14,19H,7-10H2,1H3;1H. The van der Waals surface area contributed by atoms with E-state index in [1.807, 2.05) is 37.3 Å². The Kier molecular flexibility index (Phi) is 5.60. The van der Waals surface area contributed by atoms with Crippen LogP contribution in [0.25, 0.3) is 0 Å². The second kappa shape index (κ2) is 7.11. The number of hydrogen-bond donors (Lipinski definition) is 1. The molecule has 2 fully saturated rings. The van der Waals surface area contributed by atoms with Gasteiger partial charge < -0.3 is 9.64 Å². The highest BCUT2D eigenvalue weighted by Gasteiger charge is 2.44. The summed E-state index contributed by atoms with van der Waals surface area (Å²) in [6.07, 6.45) is -0.756. The SMILES string of the molecule is CC1CN(C(=O)C2CC(F)(F)CN2)CC(c2ccccc2)O1.Cl. The van der Waals surface area contributed by atoms with Crippen molar-refractivity contribution >= 4 is 18.3 Å². The molecule has 0 bridgehead atoms. The number of carbonyl (C=O) groups excluding carboxylic acids is 1. The Morgan fingerprint density at radius 3 is 2.61 bits per heavy atom. The van der Waals surface area contributed by atoms with Gasteiger partial charge in [-0.3, -0.25) is 10.1 Å². The lowest BCUT2D eigenvalue weighted by Crippen LogP contribution is -2.51. The van der Waals surface area contributed by atoms with E-state index >= 15 is 0 Å². The molecule has 1 amide bonds. The van der Waals surface area contributed by atoms with Crippen LogP contribution in [0.15, 0.2) is 30.3 Å². The Balaban J connectivity index is 0.00000192. The molecule has 1 N–H and O–H groups in total. The van der Waals surface area contributed by atoms with Gasteiger partial charge in [0.1, 0.15) is 6.10 Å². The molecule has 0 aromatic heterocycles. The Labute approximate surface area is 140 Å². The fourth-order valence-corrected chi connectivity index (χ4v) is 3.09. The van der Waals surface area contributed by atoms with Crippen molar-refractivity contribution in [3.8, 4) is 0 Å². The van der Waals surface area contributed by atoms with Crippen LogP contribution < -0.4 is 5.32 Å². The summed E-state index contributed by atoms with van der Waals surface area (Å²) in [5.74, 6) is -3.05. The second-order valence-electron chi connectivity index (χ2n) is 6.08. The first-order valence-corrected chi connectivity index (χ1v) is 7.55. The second-order valence-corrected chi connectivity index (χ2v) is 6.08. The van der Waals surface area contributed by atoms with Crippen molar-refractivity contribution in [2.75, 3.05) is 19.6 Å². The van der Waals surface area contributed by atoms with E-state index in [9.17, 15) is 13.6 Å². The van der Waals surface area contributed by atoms with Crippen LogP contribution in [-0.4, -0.2) is 48.5 Å². The third kappa shape index (κ3) is 4.19. The maximum atomic E-state index is 13.3. The van der Waals surface area contributed by atoms with Crippen LogP contribution in [0.5, 0.6) is 0 Å². The zero-order valence-electron chi connectivity index (χ0n) is 12.9. The predicted octanol–water partition coefficient (Wildman–Crippen LogP) is 2.39. The summed E-state index contributed by atoms with van der Waals surface area (Å²) < 4.78 is 32.5. The topological polar surface area (TPSA) is 41.6 Å². The molecule has 2 aliphatic heterocycles. The van der Waals surface area contributed by atoms with Crippen molar-refractivity contribution in [1.82, 2.24) is 10.2 Å². The lowest BCUT2D eigenvalue weighted by molar-refractivity contribution is -0.147. The number of nitrogens with zero attached hydrogens (tertiary/aromatic N) is 1. The summed E-state index contributed by atoms with van der Waals surface area (Å²) in [4.78, 5) is 14.1. The Hall–Kier alpha value is -1.24. The Morgan fingerprint density at radius 2 is 2.00 bits per heavy atom. The number of halogens is 3. The summed E-state index contributed by atoms with van der Waals surface area (Å²) >= 11 is 0. The minimum Gasteiger partial charge on any atom is -0.367 e. The van der Waals surface area contributed by atoms with E-state index in [-0.39, 0.29) is 30.5 Å². The number of benzene rings is 1. The molecular weight excluding hydrogens is 326 g/mol. The van der Waals surface area contributed by atoms with Crippen molar-refractivity contribution in [2.45, 2.75) is 37.5 Å². The van der Waals surface area contributed by atoms with Crippen molar-refractivity contribution < 1.29 is 18.3 Å². The maximum Gasteiger partial charge on any atom is 0.262 e. The van der Waals surface area contributed by atoms with Crippen molar-refractivity contribution in [2.24, 2.45) is 0 Å². The van der Waals surface area contributed by atoms with E-state index < -0.39 is 24.9 Å². The van der Waals surface area contributed by atoms with Crippen LogP contribution in [0.3, 0.4) is 0 Å². The number of morpholine rings is 1. The van der Waals surface area contributed by atoms with Gasteiger partial charge in [-0.2, -0.15) is 0 Å². The van der Waals surface area contributed by atoms with Crippen LogP contribution >= 0.6 is 12.4 Å². The Morgan fingerprint density at radius 1 is 1.30 bits per heavy atom. The third-order valence-electron chi connectivity index (χ3n) is 4.15. The number of rotatable bonds is 2. The van der Waals surface area contributed by atoms with Crippen LogP contribution in [0, 0.1) is 0 Å². The molecule has 0 aliphatic carbocycles. The number of nitrogens with one attached hydrogen (secondary N) is 1. The molecule has 2 saturated heterocycles. The molecule has 0 spiro atoms. The minimum absolute atomic E-state index is 0. The monoisotopic (exact) mass is 346 g/mol. The average Bonchev–Trinajstić information content (AvgIpc) is 2.87. The molecule has 128 valence electrons. The van der Waals surface area contributed by atoms with Gasteiger partial charge >= 0.3 is 0 Å². The summed E-state index contributed by atoms with van der Waals surface area (Å²) in [6.45, 7) is 2.31. The van der Waals surface area contributed by atoms with Gasteiger partial charge in [-0.05, 0) is 12.5 Å². The molecule has 3 unspecified atom stereocenters. The number of ether oxygens (including phenoxy) is 1. The van der Waals surface area contributed by atoms with E-state index in [0.29, 0.717) is 13.1 Å². The zero-order valence-corrected chi connectivity index (χ0v) is 13.7. The van der Waals surface area contributed by atoms with Crippen LogP contribution in [0.2, 0.25) is 0 Å². The Bertz CT molecular complexity index is 544. The molecule has 0 radical (unpaired) electrons. The van der Waals surface area contributed by atoms with Crippen molar-refractivity contribution in [3.05, 3.63) is 35.9 Å². The van der Waals surface area contributed by atoms with Gasteiger partial charge in [-0.1, -0.05) is 30.3 Å². The predicted molar refractivity (Wildman–Crippen MR) is 84.9 cm³/mol. The molecule has 3 atom stereocenters. The third-order valence-corrected chi connectivity index (χ3v) is 4.15. The van der Waals surface area contributed by atoms with Gasteiger partial charge in [0.05, 0.1) is 25.2 Å². The van der Waals surface area contributed by atoms with Crippen LogP contribution in [-0.2, 0) is 9.53 Å². The zero-order chi connectivity index (χ0) is 15.7. The van der Waals surface area contributed by atoms with Gasteiger partial charge in [0, 0.05) is 13.0 Å². The first kappa shape index (κ1) is 18.1. The molecule has 3 rings (SSSR count). The normalized spacial score (nSPS) is 29.9. The average molecular weight is 347 g/mol. The molecule has 4 nitrogen and oxygen atoms in total. The van der Waals surface area contributed by atoms with E-state index in [1.54, 1.807) is 4.90 Å². The molecule has 2 heterocycles. The number of carbonyl (C=O) groups is 1. The maximum absolute atomic E-state index is 13.3. The van der Waals surface area contributed by atoms with Gasteiger partial charge in [0.2, 0.25) is 5.91 Å². The highest BCUT2D eigenvalue weighted by Crippen LogP contribution is 2.29. The van der Waals surface area contributed by atoms with Gasteiger partial charge in [-0.15, -0.1) is 12.4 Å². The van der Waals surface area contributed by atoms with E-state index in [1.165, 1.54) is 0 Å². The molecule has 1 aromatic rings. The lowest BCUT2D eigenvalue weighted by Gasteiger charge is -2.38. The van der Waals surface area contributed by atoms with E-state index in [0.717, 1.165) is 5.56 Å². The largest absolute Gasteiger partial charge is 0.367 e. The molecule has 23 heavy (non-hydrogen) atoms. The highest BCUT2D eigenvalue weighted by molar-refractivity contribution is 5.85. The van der Waals surface area contributed by atoms with Gasteiger partial charge in [0.25, 0.3) is 5.92 Å². The van der Waals surface area contributed by atoms with Crippen molar-refractivity contribution in [1.29, 1.82) is 0 Å². The molecule has 2 aliphatic rings. The van der Waals surface area contributed by atoms with E-state index in [2.05, 4.69) is 5.32 Å². The number of amides is 1. The fourth-order valence-electron chi connectivity index (χ4n) is 3.09. The molecule has 7 heteroatoms. The van der Waals surface area contributed by atoms with Crippen LogP contribution in [0.4, 0.5) is 8.78 Å². The van der Waals surface area contributed by atoms with Gasteiger partial charge in [-0.25, -0.2) is 8.78 Å². The first-order chi connectivity index (χ1) is 10.4. The van der Waals surface area contributed by atoms with E-state index in [4.69, 9.17) is 4.74 Å². The summed E-state index contributed by atoms with van der Waals surface area (Å²) in [6, 6.07) is 8.87. The molecule has 0 saturated carbocycles. The number of alkyl halides is 2.